The molecule has 0 aliphatic rings. The zero-order chi connectivity index (χ0) is 13.4. The first-order valence-corrected chi connectivity index (χ1v) is 5.97. The van der Waals surface area contributed by atoms with E-state index in [-0.39, 0.29) is 6.03 Å². The van der Waals surface area contributed by atoms with Crippen LogP contribution in [0.2, 0.25) is 0 Å². The highest BCUT2D eigenvalue weighted by atomic mass is 16.5. The van der Waals surface area contributed by atoms with Crippen molar-refractivity contribution in [3.63, 3.8) is 0 Å². The van der Waals surface area contributed by atoms with Crippen molar-refractivity contribution in [3.8, 4) is 0 Å². The van der Waals surface area contributed by atoms with Gasteiger partial charge in [-0.05, 0) is 24.1 Å². The van der Waals surface area contributed by atoms with Crippen LogP contribution in [0.1, 0.15) is 12.0 Å². The number of nitrogens with two attached hydrogens (primary N) is 1. The third-order valence-corrected chi connectivity index (χ3v) is 2.60. The van der Waals surface area contributed by atoms with Gasteiger partial charge in [0.05, 0.1) is 0 Å². The van der Waals surface area contributed by atoms with Crippen LogP contribution >= 0.6 is 0 Å². The highest BCUT2D eigenvalue weighted by Gasteiger charge is 2.08. The number of urea groups is 1. The number of benzene rings is 1. The van der Waals surface area contributed by atoms with E-state index in [9.17, 15) is 4.79 Å². The molecule has 1 aromatic carbocycles. The fourth-order valence-electron chi connectivity index (χ4n) is 1.54. The van der Waals surface area contributed by atoms with Gasteiger partial charge >= 0.3 is 6.03 Å². The molecule has 0 bridgehead atoms. The predicted molar refractivity (Wildman–Crippen MR) is 72.5 cm³/mol. The summed E-state index contributed by atoms with van der Waals surface area (Å²) in [5.74, 6) is 0. The predicted octanol–water partition coefficient (Wildman–Crippen LogP) is 1.65. The molecule has 0 aliphatic heterocycles. The van der Waals surface area contributed by atoms with Crippen molar-refractivity contribution >= 4 is 11.7 Å². The molecule has 0 aliphatic carbocycles. The first kappa shape index (κ1) is 14.5. The number of carbonyl (C=O) groups excluding carboxylic acids is 1. The summed E-state index contributed by atoms with van der Waals surface area (Å²) in [6.07, 6.45) is 0.823. The van der Waals surface area contributed by atoms with Gasteiger partial charge in [-0.1, -0.05) is 12.1 Å². The molecule has 3 N–H and O–H groups in total. The molecular formula is C13H21N3O2. The Kier molecular flexibility index (Phi) is 6.18. The second-order valence-electron chi connectivity index (χ2n) is 4.10. The van der Waals surface area contributed by atoms with Gasteiger partial charge in [-0.3, -0.25) is 0 Å². The molecule has 18 heavy (non-hydrogen) atoms. The van der Waals surface area contributed by atoms with E-state index >= 15 is 0 Å². The fraction of sp³-hybridized carbons (Fsp3) is 0.462. The number of nitrogens with zero attached hydrogens (tertiary/aromatic N) is 1. The van der Waals surface area contributed by atoms with E-state index in [0.29, 0.717) is 19.7 Å². The van der Waals surface area contributed by atoms with Crippen LogP contribution in [-0.4, -0.2) is 38.2 Å². The lowest BCUT2D eigenvalue weighted by molar-refractivity contribution is 0.179. The van der Waals surface area contributed by atoms with E-state index in [4.69, 9.17) is 10.5 Å². The summed E-state index contributed by atoms with van der Waals surface area (Å²) >= 11 is 0. The van der Waals surface area contributed by atoms with Crippen LogP contribution in [-0.2, 0) is 11.3 Å². The first-order chi connectivity index (χ1) is 8.67. The summed E-state index contributed by atoms with van der Waals surface area (Å²) < 4.78 is 4.95. The third kappa shape index (κ3) is 4.73. The van der Waals surface area contributed by atoms with Crippen molar-refractivity contribution in [2.24, 2.45) is 5.73 Å². The van der Waals surface area contributed by atoms with Crippen molar-refractivity contribution < 1.29 is 9.53 Å². The van der Waals surface area contributed by atoms with E-state index in [1.54, 1.807) is 19.1 Å². The normalized spacial score (nSPS) is 10.2. The van der Waals surface area contributed by atoms with E-state index in [1.165, 1.54) is 0 Å². The minimum atomic E-state index is -0.125. The minimum Gasteiger partial charge on any atom is -0.385 e. The Hall–Kier alpha value is -1.59. The summed E-state index contributed by atoms with van der Waals surface area (Å²) in [4.78, 5) is 13.5. The smallest absolute Gasteiger partial charge is 0.321 e. The molecule has 0 radical (unpaired) electrons. The Bertz CT molecular complexity index is 382. The Morgan fingerprint density at radius 2 is 2.28 bits per heavy atom. The van der Waals surface area contributed by atoms with Crippen molar-refractivity contribution in [2.75, 3.05) is 32.6 Å². The average Bonchev–Trinajstić information content (AvgIpc) is 2.39. The molecule has 100 valence electrons. The molecular weight excluding hydrogens is 230 g/mol. The van der Waals surface area contributed by atoms with Gasteiger partial charge in [0.1, 0.15) is 0 Å². The van der Waals surface area contributed by atoms with Gasteiger partial charge in [0, 0.05) is 39.5 Å². The molecule has 0 spiro atoms. The van der Waals surface area contributed by atoms with Gasteiger partial charge in [-0.25, -0.2) is 4.79 Å². The molecule has 0 saturated carbocycles. The fourth-order valence-corrected chi connectivity index (χ4v) is 1.54. The Labute approximate surface area is 108 Å². The summed E-state index contributed by atoms with van der Waals surface area (Å²) in [6.45, 7) is 1.78. The number of hydrogen-bond donors (Lipinski definition) is 2. The van der Waals surface area contributed by atoms with Crippen LogP contribution in [0, 0.1) is 0 Å². The number of ether oxygens (including phenoxy) is 1. The second kappa shape index (κ2) is 7.68. The molecule has 0 heterocycles. The van der Waals surface area contributed by atoms with E-state index < -0.39 is 0 Å². The Balaban J connectivity index is 2.47. The maximum Gasteiger partial charge on any atom is 0.321 e. The van der Waals surface area contributed by atoms with Crippen molar-refractivity contribution in [1.82, 2.24) is 4.90 Å². The molecule has 0 atom stereocenters. The summed E-state index contributed by atoms with van der Waals surface area (Å²) in [7, 11) is 3.41. The number of rotatable bonds is 6. The molecule has 0 unspecified atom stereocenters. The third-order valence-electron chi connectivity index (χ3n) is 2.60. The lowest BCUT2D eigenvalue weighted by atomic mass is 10.2. The summed E-state index contributed by atoms with van der Waals surface area (Å²) in [6, 6.07) is 7.40. The average molecular weight is 251 g/mol. The van der Waals surface area contributed by atoms with E-state index in [0.717, 1.165) is 17.7 Å². The van der Waals surface area contributed by atoms with Crippen LogP contribution < -0.4 is 11.1 Å². The van der Waals surface area contributed by atoms with Crippen LogP contribution in [0.15, 0.2) is 24.3 Å². The van der Waals surface area contributed by atoms with Crippen LogP contribution in [0.4, 0.5) is 10.5 Å². The van der Waals surface area contributed by atoms with Crippen molar-refractivity contribution in [3.05, 3.63) is 29.8 Å². The topological polar surface area (TPSA) is 67.6 Å². The number of amides is 2. The van der Waals surface area contributed by atoms with Gasteiger partial charge in [0.15, 0.2) is 0 Å². The molecule has 0 fully saturated rings. The number of hydrogen-bond acceptors (Lipinski definition) is 3. The molecule has 1 rings (SSSR count). The Morgan fingerprint density at radius 1 is 1.50 bits per heavy atom. The Morgan fingerprint density at radius 3 is 2.94 bits per heavy atom. The molecule has 1 aromatic rings. The zero-order valence-corrected chi connectivity index (χ0v) is 11.0. The SMILES string of the molecule is COCCCN(C)C(=O)Nc1cccc(CN)c1. The van der Waals surface area contributed by atoms with Crippen molar-refractivity contribution in [2.45, 2.75) is 13.0 Å². The zero-order valence-electron chi connectivity index (χ0n) is 11.0. The standard InChI is InChI=1S/C13H21N3O2/c1-16(7-4-8-18-2)13(17)15-12-6-3-5-11(9-12)10-14/h3,5-6,9H,4,7-8,10,14H2,1-2H3,(H,15,17). The van der Waals surface area contributed by atoms with Crippen LogP contribution in [0.5, 0.6) is 0 Å². The number of anilines is 1. The summed E-state index contributed by atoms with van der Waals surface area (Å²) in [5.41, 5.74) is 7.31. The molecule has 5 nitrogen and oxygen atoms in total. The lowest BCUT2D eigenvalue weighted by Gasteiger charge is -2.18. The largest absolute Gasteiger partial charge is 0.385 e. The van der Waals surface area contributed by atoms with Crippen LogP contribution in [0.25, 0.3) is 0 Å². The van der Waals surface area contributed by atoms with Gasteiger partial charge in [-0.2, -0.15) is 0 Å². The van der Waals surface area contributed by atoms with Crippen LogP contribution in [0.3, 0.4) is 0 Å². The van der Waals surface area contributed by atoms with Gasteiger partial charge in [0.2, 0.25) is 0 Å². The number of methoxy groups -OCH3 is 1. The monoisotopic (exact) mass is 251 g/mol. The summed E-state index contributed by atoms with van der Waals surface area (Å²) in [5, 5.41) is 2.83. The second-order valence-corrected chi connectivity index (χ2v) is 4.10. The van der Waals surface area contributed by atoms with E-state index in [1.807, 2.05) is 24.3 Å². The van der Waals surface area contributed by atoms with Gasteiger partial charge in [-0.15, -0.1) is 0 Å². The molecule has 0 saturated heterocycles. The first-order valence-electron chi connectivity index (χ1n) is 5.97. The van der Waals surface area contributed by atoms with Gasteiger partial charge in [0.25, 0.3) is 0 Å². The maximum atomic E-state index is 11.8. The highest BCUT2D eigenvalue weighted by Crippen LogP contribution is 2.10. The lowest BCUT2D eigenvalue weighted by Crippen LogP contribution is -2.32. The number of nitrogens with one attached hydrogen (secondary N) is 1. The molecule has 0 aromatic heterocycles. The highest BCUT2D eigenvalue weighted by molar-refractivity contribution is 5.89. The maximum absolute atomic E-state index is 11.8. The quantitative estimate of drug-likeness (QED) is 0.755. The van der Waals surface area contributed by atoms with E-state index in [2.05, 4.69) is 5.32 Å². The number of carbonyl (C=O) groups is 1. The molecule has 2 amide bonds. The van der Waals surface area contributed by atoms with Gasteiger partial charge < -0.3 is 20.7 Å². The molecule has 5 heteroatoms. The van der Waals surface area contributed by atoms with Crippen molar-refractivity contribution in [1.29, 1.82) is 0 Å². The minimum absolute atomic E-state index is 0.125.